The Hall–Kier alpha value is -1.05. The highest BCUT2D eigenvalue weighted by Gasteiger charge is 2.06. The first kappa shape index (κ1) is 13.4. The quantitative estimate of drug-likeness (QED) is 0.672. The smallest absolute Gasteiger partial charge is 0.223 e. The second-order valence-corrected chi connectivity index (χ2v) is 5.81. The van der Waals surface area contributed by atoms with E-state index in [-0.39, 0.29) is 6.61 Å². The van der Waals surface area contributed by atoms with Crippen molar-refractivity contribution in [3.8, 4) is 0 Å². The van der Waals surface area contributed by atoms with E-state index in [9.17, 15) is 0 Å². The number of hydrogen-bond acceptors (Lipinski definition) is 7. The number of hydrogen-bond donors (Lipinski definition) is 3. The van der Waals surface area contributed by atoms with Crippen molar-refractivity contribution >= 4 is 45.1 Å². The van der Waals surface area contributed by atoms with Crippen molar-refractivity contribution in [2.75, 3.05) is 35.7 Å². The number of thiophene rings is 1. The third kappa shape index (κ3) is 3.47. The van der Waals surface area contributed by atoms with Crippen LogP contribution >= 0.6 is 23.1 Å². The summed E-state index contributed by atoms with van der Waals surface area (Å²) in [6, 6.07) is 2.00. The van der Waals surface area contributed by atoms with E-state index in [1.807, 2.05) is 23.2 Å². The molecule has 0 spiro atoms. The van der Waals surface area contributed by atoms with Crippen LogP contribution in [0.15, 0.2) is 11.4 Å². The fourth-order valence-corrected chi connectivity index (χ4v) is 3.07. The Balaban J connectivity index is 1.89. The minimum Gasteiger partial charge on any atom is -0.396 e. The average Bonchev–Trinajstić information content (AvgIpc) is 2.81. The Morgan fingerprint density at radius 3 is 3.11 bits per heavy atom. The van der Waals surface area contributed by atoms with Gasteiger partial charge in [-0.2, -0.15) is 16.7 Å². The standard InChI is InChI=1S/C11H16N4OS2/c12-11-14-9(8-2-6-18-10(8)15-11)13-3-7-17-5-1-4-16/h2,6,16H,1,3-5,7H2,(H3,12,13,14,15). The van der Waals surface area contributed by atoms with Gasteiger partial charge in [0, 0.05) is 18.9 Å². The van der Waals surface area contributed by atoms with Crippen LogP contribution in [0.25, 0.3) is 10.2 Å². The van der Waals surface area contributed by atoms with Gasteiger partial charge in [0.15, 0.2) is 0 Å². The molecule has 0 aliphatic carbocycles. The van der Waals surface area contributed by atoms with Gasteiger partial charge in [0.2, 0.25) is 5.95 Å². The second kappa shape index (κ2) is 6.77. The van der Waals surface area contributed by atoms with Gasteiger partial charge in [0.25, 0.3) is 0 Å². The van der Waals surface area contributed by atoms with Crippen LogP contribution in [0.5, 0.6) is 0 Å². The van der Waals surface area contributed by atoms with Crippen LogP contribution in [0.1, 0.15) is 6.42 Å². The number of aliphatic hydroxyl groups excluding tert-OH is 1. The van der Waals surface area contributed by atoms with Crippen molar-refractivity contribution in [1.29, 1.82) is 0 Å². The molecule has 0 bridgehead atoms. The Labute approximate surface area is 114 Å². The molecule has 0 aliphatic heterocycles. The molecule has 0 atom stereocenters. The van der Waals surface area contributed by atoms with Crippen LogP contribution < -0.4 is 11.1 Å². The van der Waals surface area contributed by atoms with Crippen molar-refractivity contribution in [3.63, 3.8) is 0 Å². The van der Waals surface area contributed by atoms with E-state index >= 15 is 0 Å². The molecule has 2 heterocycles. The van der Waals surface area contributed by atoms with Crippen LogP contribution in [-0.2, 0) is 0 Å². The van der Waals surface area contributed by atoms with E-state index in [0.29, 0.717) is 5.95 Å². The molecule has 2 aromatic heterocycles. The maximum absolute atomic E-state index is 8.67. The van der Waals surface area contributed by atoms with Crippen LogP contribution in [0.4, 0.5) is 11.8 Å². The Bertz CT molecular complexity index is 503. The number of nitrogens with zero attached hydrogens (tertiary/aromatic N) is 2. The average molecular weight is 284 g/mol. The summed E-state index contributed by atoms with van der Waals surface area (Å²) in [4.78, 5) is 9.31. The van der Waals surface area contributed by atoms with Crippen LogP contribution in [-0.4, -0.2) is 39.7 Å². The summed E-state index contributed by atoms with van der Waals surface area (Å²) in [7, 11) is 0. The van der Waals surface area contributed by atoms with E-state index in [4.69, 9.17) is 10.8 Å². The van der Waals surface area contributed by atoms with Crippen molar-refractivity contribution in [2.45, 2.75) is 6.42 Å². The second-order valence-electron chi connectivity index (χ2n) is 3.69. The molecule has 0 fully saturated rings. The lowest BCUT2D eigenvalue weighted by Gasteiger charge is -2.07. The van der Waals surface area contributed by atoms with Crippen molar-refractivity contribution in [2.24, 2.45) is 0 Å². The molecule has 7 heteroatoms. The molecule has 18 heavy (non-hydrogen) atoms. The normalized spacial score (nSPS) is 10.9. The zero-order valence-corrected chi connectivity index (χ0v) is 11.6. The van der Waals surface area contributed by atoms with Gasteiger partial charge >= 0.3 is 0 Å². The van der Waals surface area contributed by atoms with Gasteiger partial charge in [-0.1, -0.05) is 0 Å². The van der Waals surface area contributed by atoms with E-state index in [0.717, 1.165) is 40.5 Å². The van der Waals surface area contributed by atoms with Gasteiger partial charge in [0.1, 0.15) is 10.6 Å². The summed E-state index contributed by atoms with van der Waals surface area (Å²) in [5, 5.41) is 15.0. The molecule has 98 valence electrons. The summed E-state index contributed by atoms with van der Waals surface area (Å²) in [5.74, 6) is 3.08. The fourth-order valence-electron chi connectivity index (χ4n) is 1.52. The summed E-state index contributed by atoms with van der Waals surface area (Å²) in [6.45, 7) is 1.09. The zero-order valence-electron chi connectivity index (χ0n) is 9.93. The first-order chi connectivity index (χ1) is 8.81. The van der Waals surface area contributed by atoms with E-state index in [1.165, 1.54) is 0 Å². The van der Waals surface area contributed by atoms with E-state index in [1.54, 1.807) is 11.3 Å². The number of aliphatic hydroxyl groups is 1. The number of thioether (sulfide) groups is 1. The maximum Gasteiger partial charge on any atom is 0.223 e. The highest BCUT2D eigenvalue weighted by molar-refractivity contribution is 7.99. The predicted octanol–water partition coefficient (Wildman–Crippen LogP) is 1.80. The van der Waals surface area contributed by atoms with Crippen LogP contribution in [0, 0.1) is 0 Å². The monoisotopic (exact) mass is 284 g/mol. The molecule has 0 amide bonds. The summed E-state index contributed by atoms with van der Waals surface area (Å²) >= 11 is 3.38. The van der Waals surface area contributed by atoms with E-state index in [2.05, 4.69) is 15.3 Å². The SMILES string of the molecule is Nc1nc(NCCSCCCO)c2ccsc2n1. The van der Waals surface area contributed by atoms with Gasteiger partial charge in [-0.25, -0.2) is 4.98 Å². The predicted molar refractivity (Wildman–Crippen MR) is 79.3 cm³/mol. The van der Waals surface area contributed by atoms with Gasteiger partial charge in [-0.3, -0.25) is 0 Å². The molecular weight excluding hydrogens is 268 g/mol. The number of nitrogens with two attached hydrogens (primary N) is 1. The molecule has 2 aromatic rings. The maximum atomic E-state index is 8.67. The summed E-state index contributed by atoms with van der Waals surface area (Å²) < 4.78 is 0. The van der Waals surface area contributed by atoms with Crippen molar-refractivity contribution in [3.05, 3.63) is 11.4 Å². The van der Waals surface area contributed by atoms with Gasteiger partial charge in [-0.05, 0) is 23.6 Å². The number of nitrogen functional groups attached to an aromatic ring is 1. The third-order valence-electron chi connectivity index (χ3n) is 2.33. The number of anilines is 2. The van der Waals surface area contributed by atoms with Crippen LogP contribution in [0.2, 0.25) is 0 Å². The van der Waals surface area contributed by atoms with Crippen molar-refractivity contribution in [1.82, 2.24) is 9.97 Å². The van der Waals surface area contributed by atoms with Gasteiger partial charge in [-0.15, -0.1) is 11.3 Å². The lowest BCUT2D eigenvalue weighted by atomic mass is 10.4. The fraction of sp³-hybridized carbons (Fsp3) is 0.455. The molecule has 0 aliphatic rings. The Morgan fingerprint density at radius 2 is 2.28 bits per heavy atom. The highest BCUT2D eigenvalue weighted by atomic mass is 32.2. The lowest BCUT2D eigenvalue weighted by Crippen LogP contribution is -2.08. The van der Waals surface area contributed by atoms with Crippen LogP contribution in [0.3, 0.4) is 0 Å². The highest BCUT2D eigenvalue weighted by Crippen LogP contribution is 2.25. The van der Waals surface area contributed by atoms with Gasteiger partial charge in [0.05, 0.1) is 5.39 Å². The minimum atomic E-state index is 0.262. The molecule has 0 unspecified atom stereocenters. The molecule has 0 saturated heterocycles. The zero-order chi connectivity index (χ0) is 12.8. The molecular formula is C11H16N4OS2. The Morgan fingerprint density at radius 1 is 1.39 bits per heavy atom. The molecule has 4 N–H and O–H groups in total. The third-order valence-corrected chi connectivity index (χ3v) is 4.20. The van der Waals surface area contributed by atoms with E-state index < -0.39 is 0 Å². The van der Waals surface area contributed by atoms with Gasteiger partial charge < -0.3 is 16.2 Å². The molecule has 5 nitrogen and oxygen atoms in total. The number of fused-ring (bicyclic) bond motifs is 1. The summed E-state index contributed by atoms with van der Waals surface area (Å²) in [6.07, 6.45) is 0.847. The first-order valence-corrected chi connectivity index (χ1v) is 7.78. The first-order valence-electron chi connectivity index (χ1n) is 5.74. The minimum absolute atomic E-state index is 0.262. The molecule has 0 aromatic carbocycles. The molecule has 2 rings (SSSR count). The molecule has 0 radical (unpaired) electrons. The topological polar surface area (TPSA) is 84.1 Å². The Kier molecular flexibility index (Phi) is 5.03. The number of aromatic nitrogens is 2. The summed E-state index contributed by atoms with van der Waals surface area (Å²) in [5.41, 5.74) is 5.67. The largest absolute Gasteiger partial charge is 0.396 e. The lowest BCUT2D eigenvalue weighted by molar-refractivity contribution is 0.296. The molecule has 0 saturated carbocycles. The number of nitrogens with one attached hydrogen (secondary N) is 1. The number of rotatable bonds is 7. The van der Waals surface area contributed by atoms with Crippen molar-refractivity contribution < 1.29 is 5.11 Å².